The van der Waals surface area contributed by atoms with Crippen molar-refractivity contribution in [3.8, 4) is 0 Å². The van der Waals surface area contributed by atoms with E-state index in [1.165, 1.54) is 34.3 Å². The second-order valence-corrected chi connectivity index (χ2v) is 5.80. The molecule has 3 rings (SSSR count). The second-order valence-electron chi connectivity index (χ2n) is 5.80. The molecule has 88 valence electrons. The van der Waals surface area contributed by atoms with Crippen molar-refractivity contribution < 1.29 is 0 Å². The smallest absolute Gasteiger partial charge is 0.0128 e. The van der Waals surface area contributed by atoms with Gasteiger partial charge in [-0.2, -0.15) is 0 Å². The van der Waals surface area contributed by atoms with Gasteiger partial charge in [0.2, 0.25) is 0 Å². The van der Waals surface area contributed by atoms with Crippen molar-refractivity contribution >= 4 is 0 Å². The molecule has 0 bridgehead atoms. The normalized spacial score (nSPS) is 35.1. The molecule has 17 heavy (non-hydrogen) atoms. The summed E-state index contributed by atoms with van der Waals surface area (Å²) in [7, 11) is 0. The maximum Gasteiger partial charge on any atom is 0.0128 e. The van der Waals surface area contributed by atoms with Crippen LogP contribution in [-0.4, -0.2) is 0 Å². The van der Waals surface area contributed by atoms with Gasteiger partial charge in [-0.25, -0.2) is 0 Å². The van der Waals surface area contributed by atoms with E-state index in [2.05, 4.69) is 51.7 Å². The largest absolute Gasteiger partial charge is 0.118 e. The quantitative estimate of drug-likeness (QED) is 0.528. The standard InChI is InChI=1S/C17H20/c1-10-5-14-9-15-6-11(2)13(4)8-17(15)16(14)7-12(10)3/h5,7-8,14,16-17H,9H2,1-4H3. The fourth-order valence-electron chi connectivity index (χ4n) is 3.37. The first kappa shape index (κ1) is 10.9. The third kappa shape index (κ3) is 1.59. The highest BCUT2D eigenvalue weighted by Gasteiger charge is 2.38. The zero-order valence-corrected chi connectivity index (χ0v) is 11.2. The van der Waals surface area contributed by atoms with Crippen molar-refractivity contribution in [1.29, 1.82) is 0 Å². The summed E-state index contributed by atoms with van der Waals surface area (Å²) in [5.74, 6) is 2.01. The minimum atomic E-state index is 0.614. The topological polar surface area (TPSA) is 0 Å². The summed E-state index contributed by atoms with van der Waals surface area (Å²) < 4.78 is 0. The number of rotatable bonds is 0. The molecule has 0 aromatic carbocycles. The average Bonchev–Trinajstić information content (AvgIpc) is 2.58. The zero-order valence-electron chi connectivity index (χ0n) is 11.2. The van der Waals surface area contributed by atoms with Crippen LogP contribution in [0.15, 0.2) is 51.8 Å². The summed E-state index contributed by atoms with van der Waals surface area (Å²) in [6, 6.07) is 0. The van der Waals surface area contributed by atoms with Gasteiger partial charge in [-0.15, -0.1) is 5.73 Å². The summed E-state index contributed by atoms with van der Waals surface area (Å²) >= 11 is 0. The van der Waals surface area contributed by atoms with Gasteiger partial charge in [-0.3, -0.25) is 0 Å². The Hall–Kier alpha value is -1.26. The molecule has 1 saturated carbocycles. The first-order valence-corrected chi connectivity index (χ1v) is 6.58. The molecule has 0 saturated heterocycles. The minimum absolute atomic E-state index is 0.614. The maximum absolute atomic E-state index is 3.62. The Labute approximate surface area is 104 Å². The van der Waals surface area contributed by atoms with Crippen molar-refractivity contribution in [2.24, 2.45) is 17.8 Å². The minimum Gasteiger partial charge on any atom is -0.118 e. The Morgan fingerprint density at radius 3 is 2.41 bits per heavy atom. The predicted molar refractivity (Wildman–Crippen MR) is 72.6 cm³/mol. The molecule has 3 atom stereocenters. The lowest BCUT2D eigenvalue weighted by Gasteiger charge is -2.24. The SMILES string of the molecule is CC1=C=C2CC3C=C(C)C(C)=CC3C2C=C1C. The third-order valence-electron chi connectivity index (χ3n) is 4.66. The molecule has 0 aromatic heterocycles. The van der Waals surface area contributed by atoms with Gasteiger partial charge in [-0.1, -0.05) is 29.4 Å². The molecule has 0 amide bonds. The van der Waals surface area contributed by atoms with Crippen LogP contribution in [0.25, 0.3) is 0 Å². The van der Waals surface area contributed by atoms with Crippen LogP contribution in [0, 0.1) is 17.8 Å². The lowest BCUT2D eigenvalue weighted by atomic mass is 9.80. The van der Waals surface area contributed by atoms with Crippen molar-refractivity contribution in [3.05, 3.63) is 51.8 Å². The van der Waals surface area contributed by atoms with E-state index in [9.17, 15) is 0 Å². The Morgan fingerprint density at radius 2 is 1.65 bits per heavy atom. The monoisotopic (exact) mass is 224 g/mol. The lowest BCUT2D eigenvalue weighted by molar-refractivity contribution is 0.488. The highest BCUT2D eigenvalue weighted by atomic mass is 14.4. The highest BCUT2D eigenvalue weighted by molar-refractivity contribution is 5.44. The van der Waals surface area contributed by atoms with E-state index in [1.807, 2.05) is 0 Å². The molecular weight excluding hydrogens is 204 g/mol. The first-order valence-electron chi connectivity index (χ1n) is 6.58. The number of allylic oxidation sites excluding steroid dienone is 7. The van der Waals surface area contributed by atoms with Gasteiger partial charge in [0.05, 0.1) is 0 Å². The van der Waals surface area contributed by atoms with E-state index in [-0.39, 0.29) is 0 Å². The van der Waals surface area contributed by atoms with Crippen LogP contribution in [0.4, 0.5) is 0 Å². The fraction of sp³-hybridized carbons (Fsp3) is 0.471. The van der Waals surface area contributed by atoms with Crippen molar-refractivity contribution in [1.82, 2.24) is 0 Å². The summed E-state index contributed by atoms with van der Waals surface area (Å²) in [6.45, 7) is 8.87. The van der Waals surface area contributed by atoms with Gasteiger partial charge >= 0.3 is 0 Å². The first-order chi connectivity index (χ1) is 8.06. The Balaban J connectivity index is 2.07. The molecule has 0 heterocycles. The van der Waals surface area contributed by atoms with Crippen LogP contribution in [0.5, 0.6) is 0 Å². The van der Waals surface area contributed by atoms with Gasteiger partial charge in [-0.05, 0) is 62.7 Å². The van der Waals surface area contributed by atoms with Crippen LogP contribution in [-0.2, 0) is 0 Å². The van der Waals surface area contributed by atoms with Crippen LogP contribution in [0.3, 0.4) is 0 Å². The number of hydrogen-bond acceptors (Lipinski definition) is 0. The molecule has 1 fully saturated rings. The van der Waals surface area contributed by atoms with E-state index in [0.717, 1.165) is 0 Å². The highest BCUT2D eigenvalue weighted by Crippen LogP contribution is 2.48. The van der Waals surface area contributed by atoms with Crippen LogP contribution in [0.2, 0.25) is 0 Å². The predicted octanol–water partition coefficient (Wildman–Crippen LogP) is 4.58. The maximum atomic E-state index is 3.62. The fourth-order valence-corrected chi connectivity index (χ4v) is 3.37. The number of hydrogen-bond donors (Lipinski definition) is 0. The molecule has 0 heteroatoms. The summed E-state index contributed by atoms with van der Waals surface area (Å²) in [5.41, 5.74) is 10.8. The third-order valence-corrected chi connectivity index (χ3v) is 4.66. The molecule has 0 aliphatic heterocycles. The Kier molecular flexibility index (Phi) is 2.31. The van der Waals surface area contributed by atoms with Gasteiger partial charge in [0, 0.05) is 5.92 Å². The van der Waals surface area contributed by atoms with Gasteiger partial charge in [0.15, 0.2) is 0 Å². The summed E-state index contributed by atoms with van der Waals surface area (Å²) in [4.78, 5) is 0. The molecule has 3 unspecified atom stereocenters. The zero-order chi connectivity index (χ0) is 12.2. The van der Waals surface area contributed by atoms with Gasteiger partial charge in [0.1, 0.15) is 0 Å². The van der Waals surface area contributed by atoms with Crippen LogP contribution >= 0.6 is 0 Å². The molecular formula is C17H20. The number of fused-ring (bicyclic) bond motifs is 3. The molecule has 0 aromatic rings. The van der Waals surface area contributed by atoms with E-state index in [0.29, 0.717) is 17.8 Å². The van der Waals surface area contributed by atoms with Crippen LogP contribution in [0.1, 0.15) is 34.1 Å². The van der Waals surface area contributed by atoms with Crippen LogP contribution < -0.4 is 0 Å². The Morgan fingerprint density at radius 1 is 0.941 bits per heavy atom. The van der Waals surface area contributed by atoms with E-state index in [1.54, 1.807) is 0 Å². The Bertz CT molecular complexity index is 530. The average molecular weight is 224 g/mol. The van der Waals surface area contributed by atoms with Crippen molar-refractivity contribution in [3.63, 3.8) is 0 Å². The molecule has 0 N–H and O–H groups in total. The van der Waals surface area contributed by atoms with Crippen molar-refractivity contribution in [2.75, 3.05) is 0 Å². The molecule has 3 aliphatic carbocycles. The van der Waals surface area contributed by atoms with E-state index < -0.39 is 0 Å². The molecule has 0 radical (unpaired) electrons. The summed E-state index contributed by atoms with van der Waals surface area (Å²) in [6.07, 6.45) is 8.64. The van der Waals surface area contributed by atoms with E-state index >= 15 is 0 Å². The van der Waals surface area contributed by atoms with Gasteiger partial charge < -0.3 is 0 Å². The molecule has 0 spiro atoms. The molecule has 0 nitrogen and oxygen atoms in total. The van der Waals surface area contributed by atoms with Gasteiger partial charge in [0.25, 0.3) is 0 Å². The lowest BCUT2D eigenvalue weighted by Crippen LogP contribution is -2.15. The second kappa shape index (κ2) is 3.62. The van der Waals surface area contributed by atoms with E-state index in [4.69, 9.17) is 0 Å². The summed E-state index contributed by atoms with van der Waals surface area (Å²) in [5, 5.41) is 0. The van der Waals surface area contributed by atoms with Crippen molar-refractivity contribution in [2.45, 2.75) is 34.1 Å². The molecule has 3 aliphatic rings.